The molecule has 0 spiro atoms. The summed E-state index contributed by atoms with van der Waals surface area (Å²) in [6, 6.07) is 8.47. The summed E-state index contributed by atoms with van der Waals surface area (Å²) in [5.74, 6) is -2.28. The number of imidazole rings is 1. The summed E-state index contributed by atoms with van der Waals surface area (Å²) in [5, 5.41) is 35.9. The fourth-order valence-corrected chi connectivity index (χ4v) is 11.0. The van der Waals surface area contributed by atoms with E-state index in [1.165, 1.54) is 25.0 Å². The predicted octanol–water partition coefficient (Wildman–Crippen LogP) is 1.24. The maximum Gasteiger partial charge on any atom is 0.309 e. The Morgan fingerprint density at radius 1 is 0.918 bits per heavy atom. The zero-order valence-electron chi connectivity index (χ0n) is 41.0. The van der Waals surface area contributed by atoms with Crippen molar-refractivity contribution >= 4 is 64.0 Å². The van der Waals surface area contributed by atoms with E-state index in [0.717, 1.165) is 81.4 Å². The summed E-state index contributed by atoms with van der Waals surface area (Å²) < 4.78 is 61.0. The molecule has 1 aliphatic carbocycles. The molecule has 1 saturated heterocycles. The van der Waals surface area contributed by atoms with Crippen molar-refractivity contribution < 1.29 is 90.4 Å². The van der Waals surface area contributed by atoms with Gasteiger partial charge in [0.15, 0.2) is 17.7 Å². The lowest BCUT2D eigenvalue weighted by Crippen LogP contribution is -2.46. The number of phosphoric acid groups is 3. The second kappa shape index (κ2) is 25.2. The van der Waals surface area contributed by atoms with Crippen molar-refractivity contribution in [2.24, 2.45) is 16.2 Å². The van der Waals surface area contributed by atoms with Crippen molar-refractivity contribution in [3.63, 3.8) is 0 Å². The van der Waals surface area contributed by atoms with Crippen LogP contribution in [0.1, 0.15) is 116 Å². The number of nitrogens with one attached hydrogen (secondary N) is 2. The number of aromatic nitrogens is 4. The van der Waals surface area contributed by atoms with Gasteiger partial charge in [-0.2, -0.15) is 0 Å². The van der Waals surface area contributed by atoms with Gasteiger partial charge in [-0.15, -0.1) is 0 Å². The van der Waals surface area contributed by atoms with E-state index in [-0.39, 0.29) is 54.1 Å². The van der Waals surface area contributed by atoms with E-state index in [1.807, 2.05) is 0 Å². The number of aliphatic hydroxyl groups excluding tert-OH is 2. The summed E-state index contributed by atoms with van der Waals surface area (Å²) >= 11 is 0. The van der Waals surface area contributed by atoms with E-state index >= 15 is 0 Å². The molecule has 0 radical (unpaired) electrons. The number of nitrogens with two attached hydrogens (primary N) is 1. The van der Waals surface area contributed by atoms with Crippen LogP contribution in [-0.2, 0) is 68.3 Å². The molecule has 2 amide bonds. The van der Waals surface area contributed by atoms with Crippen LogP contribution in [0.5, 0.6) is 0 Å². The van der Waals surface area contributed by atoms with Crippen LogP contribution in [0.25, 0.3) is 11.2 Å². The second-order valence-electron chi connectivity index (χ2n) is 19.7. The number of aliphatic hydroxyl groups is 2. The maximum absolute atomic E-state index is 13.1. The number of carboxylic acid groups (broad SMARTS) is 1. The summed E-state index contributed by atoms with van der Waals surface area (Å²) in [6.45, 7) is 3.46. The minimum atomic E-state index is -5.94. The topological polar surface area (TPSA) is 412 Å². The highest BCUT2D eigenvalue weighted by Gasteiger charge is 2.49. The number of carbonyl (C=O) groups is 4. The van der Waals surface area contributed by atoms with Crippen molar-refractivity contribution in [2.75, 3.05) is 32.0 Å². The summed E-state index contributed by atoms with van der Waals surface area (Å²) in [6.07, 6.45) is 1.90. The van der Waals surface area contributed by atoms with Gasteiger partial charge in [0, 0.05) is 36.8 Å². The van der Waals surface area contributed by atoms with Gasteiger partial charge in [0.2, 0.25) is 11.8 Å². The minimum absolute atomic E-state index is 0.0257. The number of phosphoric ester groups is 3. The largest absolute Gasteiger partial charge is 0.790 e. The lowest BCUT2D eigenvalue weighted by molar-refractivity contribution is -0.347. The normalized spacial score (nSPS) is 21.0. The molecule has 1 aromatic carbocycles. The van der Waals surface area contributed by atoms with Gasteiger partial charge < -0.3 is 74.1 Å². The van der Waals surface area contributed by atoms with Gasteiger partial charge in [-0.05, 0) is 76.3 Å². The van der Waals surface area contributed by atoms with Gasteiger partial charge in [0.05, 0.1) is 32.8 Å². The molecular weight excluding hydrogens is 1020 g/mol. The number of carboxylic acids is 1. The first-order valence-electron chi connectivity index (χ1n) is 23.7. The Labute approximate surface area is 421 Å². The molecule has 26 nitrogen and oxygen atoms in total. The number of aliphatic carboxylic acids is 1. The summed E-state index contributed by atoms with van der Waals surface area (Å²) in [4.78, 5) is 110. The molecule has 2 aliphatic rings. The fourth-order valence-electron chi connectivity index (χ4n) is 8.23. The van der Waals surface area contributed by atoms with Crippen molar-refractivity contribution in [3.05, 3.63) is 48.0 Å². The van der Waals surface area contributed by atoms with E-state index in [4.69, 9.17) is 10.5 Å². The molecular formula is C44H64N7O19P3-4. The number of hydrogen-bond acceptors (Lipinski definition) is 22. The zero-order valence-corrected chi connectivity index (χ0v) is 43.6. The third-order valence-corrected chi connectivity index (χ3v) is 15.9. The first-order chi connectivity index (χ1) is 34.0. The number of nitrogen functional groups attached to an aromatic ring is 1. The van der Waals surface area contributed by atoms with Gasteiger partial charge in [-0.3, -0.25) is 32.9 Å². The number of carbonyl (C=O) groups excluding carboxylic acids is 3. The summed E-state index contributed by atoms with van der Waals surface area (Å²) in [5.41, 5.74) is 5.46. The Hall–Kier alpha value is -4.10. The highest BCUT2D eigenvalue weighted by molar-refractivity contribution is 7.59. The smallest absolute Gasteiger partial charge is 0.309 e. The van der Waals surface area contributed by atoms with Gasteiger partial charge in [-0.25, -0.2) is 19.3 Å². The van der Waals surface area contributed by atoms with Crippen LogP contribution >= 0.6 is 23.5 Å². The Morgan fingerprint density at radius 2 is 1.56 bits per heavy atom. The third kappa shape index (κ3) is 17.7. The molecule has 408 valence electrons. The number of aryl methyl sites for hydroxylation is 2. The molecule has 7 unspecified atom stereocenters. The average molecular weight is 1090 g/mol. The Balaban J connectivity index is 0.968. The number of anilines is 1. The van der Waals surface area contributed by atoms with Gasteiger partial charge >= 0.3 is 5.97 Å². The molecule has 2 aromatic heterocycles. The first-order valence-corrected chi connectivity index (χ1v) is 28.1. The Bertz CT molecular complexity index is 2550. The third-order valence-electron chi connectivity index (χ3n) is 12.9. The highest BCUT2D eigenvalue weighted by Crippen LogP contribution is 2.57. The molecule has 7 atom stereocenters. The number of amides is 2. The number of nitrogens with zero attached hydrogens (tertiary/aromatic N) is 4. The van der Waals surface area contributed by atoms with Crippen molar-refractivity contribution in [2.45, 2.75) is 142 Å². The average Bonchev–Trinajstić information content (AvgIpc) is 3.88. The van der Waals surface area contributed by atoms with E-state index in [0.29, 0.717) is 6.42 Å². The Morgan fingerprint density at radius 3 is 2.21 bits per heavy atom. The van der Waals surface area contributed by atoms with Crippen LogP contribution in [0.3, 0.4) is 0 Å². The molecule has 3 aromatic rings. The van der Waals surface area contributed by atoms with Crippen molar-refractivity contribution in [1.82, 2.24) is 30.2 Å². The molecule has 5 rings (SSSR count). The molecule has 0 bridgehead atoms. The zero-order chi connectivity index (χ0) is 54.0. The van der Waals surface area contributed by atoms with Gasteiger partial charge in [-0.1, -0.05) is 57.4 Å². The van der Waals surface area contributed by atoms with E-state index < -0.39 is 95.9 Å². The van der Waals surface area contributed by atoms with Crippen molar-refractivity contribution in [1.29, 1.82) is 0 Å². The second-order valence-corrected chi connectivity index (χ2v) is 23.8. The molecule has 7 N–H and O–H groups in total. The number of unbranched alkanes of at least 4 members (excludes halogenated alkanes) is 3. The highest BCUT2D eigenvalue weighted by atomic mass is 31.3. The number of benzene rings is 1. The number of hydrogen-bond donors (Lipinski definition) is 6. The quantitative estimate of drug-likeness (QED) is 0.0378. The first kappa shape index (κ1) is 59.8. The van der Waals surface area contributed by atoms with E-state index in [9.17, 15) is 67.8 Å². The van der Waals surface area contributed by atoms with Gasteiger partial charge in [0.25, 0.3) is 15.6 Å². The monoisotopic (exact) mass is 1090 g/mol. The van der Waals surface area contributed by atoms with Crippen LogP contribution in [0.2, 0.25) is 0 Å². The van der Waals surface area contributed by atoms with Crippen LogP contribution in [0.4, 0.5) is 5.82 Å². The van der Waals surface area contributed by atoms with Crippen LogP contribution < -0.4 is 35.9 Å². The number of ketones is 1. The van der Waals surface area contributed by atoms with E-state index in [2.05, 4.69) is 67.7 Å². The number of Topliss-reactive ketones (excluding diaryl/α,β-unsaturated/α-hetero) is 1. The lowest BCUT2D eigenvalue weighted by atomic mass is 9.87. The fraction of sp³-hybridized carbons (Fsp3) is 0.659. The molecule has 2 fully saturated rings. The standard InChI is InChI=1S/C44H68N7O19P3/c1-42(2,41(57)58)17-8-5-6-11-28-13-10-14-29(23-28)12-7-9-18-44(19-20-44)31(52)15-21-46-32(53)16-22-47-39(56)36(55)43(3,4)25-67-73(64,65)70-72(62,63)66-24-30-35(69-71(59,60)61)34(54)40(68-30)51-27-50-33-37(45)48-26-49-38(33)51/h10,13-14,23,26-27,30,34-36,40,54-55H,5-9,11-12,15-22,24-25H2,1-4H3,(H,46,53)(H,47,56)(H,57,58)(H,62,63)(H,64,65)(H2,45,48,49)(H2,59,60,61)/p-4. The maximum atomic E-state index is 13.1. The number of fused-ring (bicyclic) bond motifs is 1. The minimum Gasteiger partial charge on any atom is -0.790 e. The SMILES string of the molecule is CC(C)(CCCCCc1cccc(CCCCC2(C(=O)CCNC(=O)CCNC(=O)C(O)C(C)(C)COP(=O)([O-])OP(=O)([O-])OCC3OC(n4cnc5c(N)ncnc54)C(O)C3OP(=O)([O-])[O-])CC2)c1)C(=O)O. The number of rotatable bonds is 32. The Kier molecular flexibility index (Phi) is 20.6. The molecule has 73 heavy (non-hydrogen) atoms. The van der Waals surface area contributed by atoms with Crippen molar-refractivity contribution in [3.8, 4) is 0 Å². The lowest BCUT2D eigenvalue weighted by Gasteiger charge is -2.36. The molecule has 29 heteroatoms. The molecule has 1 saturated carbocycles. The molecule has 1 aliphatic heterocycles. The van der Waals surface area contributed by atoms with Crippen LogP contribution in [-0.4, -0.2) is 109 Å². The summed E-state index contributed by atoms with van der Waals surface area (Å²) in [7, 11) is -17.7. The number of ether oxygens (including phenoxy) is 1. The molecule has 3 heterocycles. The van der Waals surface area contributed by atoms with Gasteiger partial charge in [0.1, 0.15) is 42.0 Å². The predicted molar refractivity (Wildman–Crippen MR) is 250 cm³/mol. The van der Waals surface area contributed by atoms with Crippen LogP contribution in [0, 0.1) is 16.2 Å². The van der Waals surface area contributed by atoms with E-state index in [1.54, 1.807) is 13.8 Å². The van der Waals surface area contributed by atoms with Crippen LogP contribution in [0.15, 0.2) is 36.9 Å².